The van der Waals surface area contributed by atoms with E-state index in [0.29, 0.717) is 0 Å². The van der Waals surface area contributed by atoms with Gasteiger partial charge in [0, 0.05) is 23.5 Å². The third-order valence-corrected chi connectivity index (χ3v) is 7.91. The first-order valence-electron chi connectivity index (χ1n) is 6.70. The van der Waals surface area contributed by atoms with Gasteiger partial charge in [-0.15, -0.1) is 11.7 Å². The number of hydrogen-bond acceptors (Lipinski definition) is 4. The van der Waals surface area contributed by atoms with Crippen molar-refractivity contribution in [3.63, 3.8) is 0 Å². The second-order valence-electron chi connectivity index (χ2n) is 4.54. The van der Waals surface area contributed by atoms with Crippen LogP contribution in [-0.4, -0.2) is 34.1 Å². The third kappa shape index (κ3) is 7.11. The van der Waals surface area contributed by atoms with Gasteiger partial charge in [0.1, 0.15) is 0 Å². The van der Waals surface area contributed by atoms with Crippen molar-refractivity contribution in [3.05, 3.63) is 0 Å². The predicted octanol–water partition coefficient (Wildman–Crippen LogP) is 3.00. The minimum absolute atomic E-state index is 0.0740. The molecule has 0 aromatic carbocycles. The Labute approximate surface area is 119 Å². The molecule has 0 amide bonds. The lowest BCUT2D eigenvalue weighted by Gasteiger charge is -2.34. The highest BCUT2D eigenvalue weighted by Crippen LogP contribution is 2.34. The standard InChI is InChI=1S/C12H28O2S2Si/c1-4-7-9-13-11(14-10-8-5-2)12(17,6-3)16-15/h11,15H,4-10H2,1-3,17H3. The van der Waals surface area contributed by atoms with Crippen molar-refractivity contribution in [1.29, 1.82) is 0 Å². The lowest BCUT2D eigenvalue weighted by molar-refractivity contribution is -0.150. The molecule has 0 N–H and O–H groups in total. The van der Waals surface area contributed by atoms with Gasteiger partial charge in [-0.25, -0.2) is 0 Å². The van der Waals surface area contributed by atoms with Crippen molar-refractivity contribution in [2.45, 2.75) is 63.5 Å². The molecule has 0 aromatic rings. The second kappa shape index (κ2) is 10.7. The Morgan fingerprint density at radius 2 is 1.59 bits per heavy atom. The van der Waals surface area contributed by atoms with Crippen LogP contribution in [0.15, 0.2) is 0 Å². The SMILES string of the molecule is CCCCOC(OCCCC)C([SiH3])(CC)SS. The molecule has 0 spiro atoms. The topological polar surface area (TPSA) is 18.5 Å². The molecule has 17 heavy (non-hydrogen) atoms. The summed E-state index contributed by atoms with van der Waals surface area (Å²) in [5.41, 5.74) is 0. The maximum atomic E-state index is 5.92. The molecule has 0 aromatic heterocycles. The molecule has 2 nitrogen and oxygen atoms in total. The van der Waals surface area contributed by atoms with Crippen molar-refractivity contribution < 1.29 is 9.47 Å². The van der Waals surface area contributed by atoms with Gasteiger partial charge < -0.3 is 9.47 Å². The van der Waals surface area contributed by atoms with Gasteiger partial charge in [0.05, 0.1) is 4.37 Å². The zero-order chi connectivity index (χ0) is 13.1. The Morgan fingerprint density at radius 1 is 1.12 bits per heavy atom. The van der Waals surface area contributed by atoms with E-state index in [-0.39, 0.29) is 10.7 Å². The monoisotopic (exact) mass is 296 g/mol. The second-order valence-corrected chi connectivity index (χ2v) is 8.71. The number of hydrogen-bond donors (Lipinski definition) is 1. The Hall–Kier alpha value is 0.837. The highest BCUT2D eigenvalue weighted by Gasteiger charge is 2.34. The minimum atomic E-state index is -0.0835. The smallest absolute Gasteiger partial charge is 0.169 e. The largest absolute Gasteiger partial charge is 0.352 e. The molecule has 1 unspecified atom stereocenters. The Balaban J connectivity index is 4.26. The van der Waals surface area contributed by atoms with E-state index in [1.165, 1.54) is 0 Å². The zero-order valence-corrected chi connectivity index (χ0v) is 15.4. The normalized spacial score (nSPS) is 15.4. The van der Waals surface area contributed by atoms with Gasteiger partial charge >= 0.3 is 0 Å². The lowest BCUT2D eigenvalue weighted by atomic mass is 10.3. The van der Waals surface area contributed by atoms with Crippen LogP contribution < -0.4 is 0 Å². The first-order chi connectivity index (χ1) is 8.14. The van der Waals surface area contributed by atoms with Crippen LogP contribution in [0.5, 0.6) is 0 Å². The molecule has 0 saturated carbocycles. The fourth-order valence-corrected chi connectivity index (χ4v) is 2.67. The van der Waals surface area contributed by atoms with E-state index in [0.717, 1.165) is 55.6 Å². The first kappa shape index (κ1) is 17.8. The lowest BCUT2D eigenvalue weighted by Crippen LogP contribution is -2.42. The summed E-state index contributed by atoms with van der Waals surface area (Å²) >= 11 is 4.40. The summed E-state index contributed by atoms with van der Waals surface area (Å²) in [4.78, 5) is 0. The fourth-order valence-electron chi connectivity index (χ4n) is 1.34. The van der Waals surface area contributed by atoms with Gasteiger partial charge in [-0.3, -0.25) is 0 Å². The van der Waals surface area contributed by atoms with Gasteiger partial charge in [-0.2, -0.15) is 0 Å². The molecule has 0 aliphatic rings. The van der Waals surface area contributed by atoms with E-state index in [9.17, 15) is 0 Å². The summed E-state index contributed by atoms with van der Waals surface area (Å²) in [7, 11) is 2.63. The van der Waals surface area contributed by atoms with Crippen molar-refractivity contribution in [2.75, 3.05) is 13.2 Å². The van der Waals surface area contributed by atoms with Crippen molar-refractivity contribution in [1.82, 2.24) is 0 Å². The van der Waals surface area contributed by atoms with Crippen LogP contribution in [0.25, 0.3) is 0 Å². The molecule has 0 heterocycles. The molecule has 5 heteroatoms. The van der Waals surface area contributed by atoms with Crippen LogP contribution in [0.2, 0.25) is 0 Å². The predicted molar refractivity (Wildman–Crippen MR) is 85.0 cm³/mol. The summed E-state index contributed by atoms with van der Waals surface area (Å²) in [6.07, 6.45) is 5.50. The molecule has 1 atom stereocenters. The Kier molecular flexibility index (Phi) is 11.3. The van der Waals surface area contributed by atoms with Gasteiger partial charge in [0.25, 0.3) is 0 Å². The third-order valence-electron chi connectivity index (χ3n) is 2.94. The van der Waals surface area contributed by atoms with Gasteiger partial charge in [-0.1, -0.05) is 44.4 Å². The summed E-state index contributed by atoms with van der Waals surface area (Å²) in [5, 5.41) is 0. The number of ether oxygens (including phenoxy) is 2. The van der Waals surface area contributed by atoms with Crippen LogP contribution in [0.3, 0.4) is 0 Å². The highest BCUT2D eigenvalue weighted by molar-refractivity contribution is 8.69. The molecule has 0 rings (SSSR count). The molecule has 0 aliphatic heterocycles. The van der Waals surface area contributed by atoms with E-state index < -0.39 is 0 Å². The Bertz CT molecular complexity index is 168. The van der Waals surface area contributed by atoms with Gasteiger partial charge in [-0.05, 0) is 19.3 Å². The highest BCUT2D eigenvalue weighted by atomic mass is 33.1. The van der Waals surface area contributed by atoms with Crippen molar-refractivity contribution in [3.8, 4) is 0 Å². The number of rotatable bonds is 11. The molecule has 0 radical (unpaired) electrons. The Morgan fingerprint density at radius 3 is 1.88 bits per heavy atom. The van der Waals surface area contributed by atoms with Crippen LogP contribution in [0.1, 0.15) is 52.9 Å². The van der Waals surface area contributed by atoms with Crippen LogP contribution in [0.4, 0.5) is 0 Å². The summed E-state index contributed by atoms with van der Waals surface area (Å²) in [6.45, 7) is 8.14. The minimum Gasteiger partial charge on any atom is -0.352 e. The molecule has 0 aliphatic carbocycles. The average molecular weight is 297 g/mol. The molecule has 0 fully saturated rings. The van der Waals surface area contributed by atoms with Crippen LogP contribution in [-0.2, 0) is 9.47 Å². The first-order valence-corrected chi connectivity index (χ1v) is 9.57. The van der Waals surface area contributed by atoms with Gasteiger partial charge in [0.15, 0.2) is 6.29 Å². The van der Waals surface area contributed by atoms with Crippen molar-refractivity contribution >= 4 is 32.7 Å². The number of thiol groups is 1. The van der Waals surface area contributed by atoms with E-state index >= 15 is 0 Å². The summed E-state index contributed by atoms with van der Waals surface area (Å²) in [5.74, 6) is 0. The number of unbranched alkanes of at least 4 members (excludes halogenated alkanes) is 2. The molecule has 104 valence electrons. The summed E-state index contributed by atoms with van der Waals surface area (Å²) in [6, 6.07) is 0. The van der Waals surface area contributed by atoms with E-state index in [1.807, 2.05) is 0 Å². The molecule has 0 saturated heterocycles. The van der Waals surface area contributed by atoms with Crippen LogP contribution in [0, 0.1) is 0 Å². The van der Waals surface area contributed by atoms with Crippen LogP contribution >= 0.6 is 22.5 Å². The van der Waals surface area contributed by atoms with Crippen molar-refractivity contribution in [2.24, 2.45) is 0 Å². The van der Waals surface area contributed by atoms with E-state index in [2.05, 4.69) is 32.4 Å². The molecular weight excluding hydrogens is 268 g/mol. The molecule has 0 bridgehead atoms. The quantitative estimate of drug-likeness (QED) is 0.208. The molecular formula is C12H28O2S2Si. The summed E-state index contributed by atoms with van der Waals surface area (Å²) < 4.78 is 11.9. The van der Waals surface area contributed by atoms with E-state index in [4.69, 9.17) is 9.47 Å². The van der Waals surface area contributed by atoms with E-state index in [1.54, 1.807) is 10.8 Å². The van der Waals surface area contributed by atoms with Gasteiger partial charge in [0.2, 0.25) is 0 Å². The average Bonchev–Trinajstić information content (AvgIpc) is 2.36. The maximum absolute atomic E-state index is 5.92. The maximum Gasteiger partial charge on any atom is 0.169 e. The fraction of sp³-hybridized carbons (Fsp3) is 1.00. The zero-order valence-electron chi connectivity index (χ0n) is 11.7.